The second-order valence-corrected chi connectivity index (χ2v) is 8.25. The Morgan fingerprint density at radius 3 is 2.25 bits per heavy atom. The first kappa shape index (κ1) is 20.9. The number of carbonyl (C=O) groups excluding carboxylic acids is 1. The molecule has 4 N–H and O–H groups in total. The lowest BCUT2D eigenvalue weighted by atomic mass is 9.81. The predicted molar refractivity (Wildman–Crippen MR) is 91.1 cm³/mol. The van der Waals surface area contributed by atoms with Gasteiger partial charge >= 0.3 is 0 Å². The number of aliphatic hydroxyl groups excluding tert-OH is 2. The molecule has 0 heterocycles. The molecule has 2 atom stereocenters. The fourth-order valence-electron chi connectivity index (χ4n) is 1.73. The molecule has 0 saturated heterocycles. The molecular weight excluding hydrogens is 356 g/mol. The first-order valence-electron chi connectivity index (χ1n) is 7.37. The van der Waals surface area contributed by atoms with E-state index in [1.165, 1.54) is 31.2 Å². The second-order valence-electron chi connectivity index (χ2n) is 6.04. The minimum Gasteiger partial charge on any atom is -0.393 e. The van der Waals surface area contributed by atoms with Crippen LogP contribution in [0.1, 0.15) is 20.8 Å². The van der Waals surface area contributed by atoms with Crippen molar-refractivity contribution >= 4 is 27.5 Å². The van der Waals surface area contributed by atoms with E-state index in [2.05, 4.69) is 10.0 Å². The maximum atomic E-state index is 12.0. The molecule has 0 bridgehead atoms. The summed E-state index contributed by atoms with van der Waals surface area (Å²) >= 11 is 5.71. The minimum absolute atomic E-state index is 0.00139. The van der Waals surface area contributed by atoms with Gasteiger partial charge in [0.25, 0.3) is 0 Å². The quantitative estimate of drug-likeness (QED) is 0.492. The molecule has 7 nitrogen and oxygen atoms in total. The number of amides is 1. The highest BCUT2D eigenvalue weighted by Crippen LogP contribution is 2.25. The topological polar surface area (TPSA) is 116 Å². The predicted octanol–water partition coefficient (Wildman–Crippen LogP) is 0.502. The zero-order chi connectivity index (χ0) is 18.5. The van der Waals surface area contributed by atoms with Gasteiger partial charge < -0.3 is 15.5 Å². The van der Waals surface area contributed by atoms with Crippen molar-refractivity contribution in [1.82, 2.24) is 10.0 Å². The molecule has 1 aromatic rings. The second kappa shape index (κ2) is 8.26. The van der Waals surface area contributed by atoms with E-state index >= 15 is 0 Å². The van der Waals surface area contributed by atoms with Crippen molar-refractivity contribution in [2.24, 2.45) is 5.41 Å². The Balaban J connectivity index is 2.51. The molecule has 0 aromatic heterocycles. The summed E-state index contributed by atoms with van der Waals surface area (Å²) in [7, 11) is -3.70. The van der Waals surface area contributed by atoms with Crippen LogP contribution in [0.25, 0.3) is 0 Å². The number of nitrogens with one attached hydrogen (secondary N) is 2. The van der Waals surface area contributed by atoms with Crippen LogP contribution in [0, 0.1) is 5.41 Å². The van der Waals surface area contributed by atoms with E-state index in [4.69, 9.17) is 11.6 Å². The summed E-state index contributed by atoms with van der Waals surface area (Å²) < 4.78 is 26.4. The van der Waals surface area contributed by atoms with Crippen molar-refractivity contribution in [2.45, 2.75) is 37.9 Å². The van der Waals surface area contributed by atoms with Gasteiger partial charge in [-0.15, -0.1) is 0 Å². The third-order valence-corrected chi connectivity index (χ3v) is 5.60. The molecule has 0 aliphatic heterocycles. The number of aliphatic hydroxyl groups is 2. The molecule has 0 spiro atoms. The molecule has 0 fully saturated rings. The lowest BCUT2D eigenvalue weighted by Gasteiger charge is -2.32. The van der Waals surface area contributed by atoms with Crippen molar-refractivity contribution in [3.8, 4) is 0 Å². The molecule has 1 amide bonds. The van der Waals surface area contributed by atoms with Gasteiger partial charge in [0.05, 0.1) is 11.0 Å². The van der Waals surface area contributed by atoms with E-state index in [1.807, 2.05) is 0 Å². The molecule has 1 rings (SSSR count). The van der Waals surface area contributed by atoms with Crippen molar-refractivity contribution in [3.05, 3.63) is 29.3 Å². The third kappa shape index (κ3) is 5.42. The van der Waals surface area contributed by atoms with Gasteiger partial charge in [-0.1, -0.05) is 25.4 Å². The molecule has 2 unspecified atom stereocenters. The average Bonchev–Trinajstić information content (AvgIpc) is 2.50. The molecule has 1 aromatic carbocycles. The molecule has 136 valence electrons. The van der Waals surface area contributed by atoms with Crippen molar-refractivity contribution in [1.29, 1.82) is 0 Å². The molecular formula is C15H23ClN2O5S. The van der Waals surface area contributed by atoms with Crippen LogP contribution < -0.4 is 10.0 Å². The number of hydrogen-bond donors (Lipinski definition) is 4. The van der Waals surface area contributed by atoms with Crippen molar-refractivity contribution < 1.29 is 23.4 Å². The summed E-state index contributed by atoms with van der Waals surface area (Å²) in [5, 5.41) is 22.4. The van der Waals surface area contributed by atoms with Gasteiger partial charge in [-0.25, -0.2) is 13.1 Å². The maximum Gasteiger partial charge on any atom is 0.249 e. The van der Waals surface area contributed by atoms with E-state index < -0.39 is 33.6 Å². The Bertz CT molecular complexity index is 659. The molecule has 0 radical (unpaired) electrons. The van der Waals surface area contributed by atoms with Gasteiger partial charge in [0.15, 0.2) is 0 Å². The fraction of sp³-hybridized carbons (Fsp3) is 0.533. The summed E-state index contributed by atoms with van der Waals surface area (Å²) in [6, 6.07) is 5.68. The zero-order valence-corrected chi connectivity index (χ0v) is 15.4. The Labute approximate surface area is 147 Å². The molecule has 0 aliphatic carbocycles. The summed E-state index contributed by atoms with van der Waals surface area (Å²) in [6.07, 6.45) is -2.30. The number of hydrogen-bond acceptors (Lipinski definition) is 5. The van der Waals surface area contributed by atoms with E-state index in [0.717, 1.165) is 0 Å². The van der Waals surface area contributed by atoms with Gasteiger partial charge in [-0.3, -0.25) is 4.79 Å². The third-order valence-electron chi connectivity index (χ3n) is 3.87. The van der Waals surface area contributed by atoms with Crippen molar-refractivity contribution in [2.75, 3.05) is 13.1 Å². The monoisotopic (exact) mass is 378 g/mol. The maximum absolute atomic E-state index is 12.0. The largest absolute Gasteiger partial charge is 0.393 e. The molecule has 9 heteroatoms. The minimum atomic E-state index is -3.70. The van der Waals surface area contributed by atoms with Crippen LogP contribution in [0.5, 0.6) is 0 Å². The number of carbonyl (C=O) groups is 1. The Kier molecular flexibility index (Phi) is 7.18. The highest BCUT2D eigenvalue weighted by atomic mass is 35.5. The zero-order valence-electron chi connectivity index (χ0n) is 13.8. The number of halogens is 1. The summed E-state index contributed by atoms with van der Waals surface area (Å²) in [4.78, 5) is 11.9. The first-order chi connectivity index (χ1) is 11.0. The van der Waals surface area contributed by atoms with E-state index in [1.54, 1.807) is 13.8 Å². The van der Waals surface area contributed by atoms with Gasteiger partial charge in [-0.2, -0.15) is 0 Å². The van der Waals surface area contributed by atoms with Gasteiger partial charge in [-0.05, 0) is 31.2 Å². The van der Waals surface area contributed by atoms with Crippen molar-refractivity contribution in [3.63, 3.8) is 0 Å². The van der Waals surface area contributed by atoms with Gasteiger partial charge in [0.1, 0.15) is 6.10 Å². The Morgan fingerprint density at radius 1 is 1.21 bits per heavy atom. The van der Waals surface area contributed by atoms with E-state index in [9.17, 15) is 23.4 Å². The van der Waals surface area contributed by atoms with Crippen LogP contribution in [0.3, 0.4) is 0 Å². The van der Waals surface area contributed by atoms with Crippen LogP contribution in [-0.2, 0) is 14.8 Å². The van der Waals surface area contributed by atoms with E-state index in [-0.39, 0.29) is 18.0 Å². The fourth-order valence-corrected chi connectivity index (χ4v) is 2.89. The Hall–Kier alpha value is -1.19. The lowest BCUT2D eigenvalue weighted by Crippen LogP contribution is -2.49. The van der Waals surface area contributed by atoms with E-state index in [0.29, 0.717) is 5.02 Å². The Morgan fingerprint density at radius 2 is 1.75 bits per heavy atom. The smallest absolute Gasteiger partial charge is 0.249 e. The highest BCUT2D eigenvalue weighted by molar-refractivity contribution is 7.89. The summed E-state index contributed by atoms with van der Waals surface area (Å²) in [6.45, 7) is 4.56. The average molecular weight is 379 g/mol. The number of rotatable bonds is 8. The van der Waals surface area contributed by atoms with Gasteiger partial charge in [0.2, 0.25) is 15.9 Å². The van der Waals surface area contributed by atoms with Crippen LogP contribution >= 0.6 is 11.6 Å². The number of benzene rings is 1. The standard InChI is InChI=1S/C15H23ClN2O5S/c1-10(19)15(2,3)13(20)14(21)17-8-9-18-24(22,23)12-6-4-11(16)5-7-12/h4-7,10,13,18-20H,8-9H2,1-3H3,(H,17,21). The summed E-state index contributed by atoms with van der Waals surface area (Å²) in [5.41, 5.74) is -1.02. The SMILES string of the molecule is CC(O)C(C)(C)C(O)C(=O)NCCNS(=O)(=O)c1ccc(Cl)cc1. The van der Waals surface area contributed by atoms with Crippen LogP contribution in [0.15, 0.2) is 29.2 Å². The van der Waals surface area contributed by atoms with Gasteiger partial charge in [0, 0.05) is 23.5 Å². The van der Waals surface area contributed by atoms with Crippen LogP contribution in [-0.4, -0.2) is 49.8 Å². The van der Waals surface area contributed by atoms with Crippen LogP contribution in [0.2, 0.25) is 5.02 Å². The first-order valence-corrected chi connectivity index (χ1v) is 9.23. The number of sulfonamides is 1. The van der Waals surface area contributed by atoms with Crippen LogP contribution in [0.4, 0.5) is 0 Å². The molecule has 0 saturated carbocycles. The lowest BCUT2D eigenvalue weighted by molar-refractivity contribution is -0.140. The molecule has 0 aliphatic rings. The molecule has 24 heavy (non-hydrogen) atoms. The normalized spacial score (nSPS) is 14.9. The summed E-state index contributed by atoms with van der Waals surface area (Å²) in [5.74, 6) is -0.674. The highest BCUT2D eigenvalue weighted by Gasteiger charge is 2.37.